The largest absolute Gasteiger partial charge is 0.462 e. The van der Waals surface area contributed by atoms with Crippen molar-refractivity contribution in [3.05, 3.63) is 85.1 Å². The third-order valence-corrected chi connectivity index (χ3v) is 11.8. The third-order valence-electron chi connectivity index (χ3n) is 11.8. The van der Waals surface area contributed by atoms with Crippen LogP contribution in [0.4, 0.5) is 0 Å². The Hall–Kier alpha value is -3.41. The SMILES string of the molecule is CCCCC/C=C\C/C=C\C/C=C\CCCCCCC(=O)OC[C@H](COC(=O)CCCCCCC/C=C\CCCCCCCC)OC(=O)CCC/C=C\C/C=C\C/C=C\CCCCCCCC. The van der Waals surface area contributed by atoms with Gasteiger partial charge in [0.2, 0.25) is 0 Å². The number of hydrogen-bond acceptors (Lipinski definition) is 6. The summed E-state index contributed by atoms with van der Waals surface area (Å²) in [7, 11) is 0. The zero-order chi connectivity index (χ0) is 48.6. The lowest BCUT2D eigenvalue weighted by Gasteiger charge is -2.18. The predicted molar refractivity (Wildman–Crippen MR) is 288 cm³/mol. The Morgan fingerprint density at radius 1 is 0.299 bits per heavy atom. The molecule has 0 heterocycles. The average Bonchev–Trinajstić information content (AvgIpc) is 3.33. The normalized spacial score (nSPS) is 12.7. The molecule has 0 bridgehead atoms. The van der Waals surface area contributed by atoms with Crippen molar-refractivity contribution in [2.75, 3.05) is 13.2 Å². The molecule has 0 aliphatic heterocycles. The second-order valence-corrected chi connectivity index (χ2v) is 18.5. The van der Waals surface area contributed by atoms with Crippen LogP contribution in [0.3, 0.4) is 0 Å². The Morgan fingerprint density at radius 2 is 0.552 bits per heavy atom. The van der Waals surface area contributed by atoms with Crippen LogP contribution in [0.15, 0.2) is 85.1 Å². The van der Waals surface area contributed by atoms with E-state index < -0.39 is 6.10 Å². The monoisotopic (exact) mass is 933 g/mol. The van der Waals surface area contributed by atoms with E-state index in [1.165, 1.54) is 122 Å². The molecule has 6 heteroatoms. The van der Waals surface area contributed by atoms with Gasteiger partial charge in [-0.3, -0.25) is 14.4 Å². The molecule has 0 spiro atoms. The molecule has 0 radical (unpaired) electrons. The molecule has 1 atom stereocenters. The van der Waals surface area contributed by atoms with E-state index in [0.717, 1.165) is 96.3 Å². The maximum atomic E-state index is 12.8. The van der Waals surface area contributed by atoms with Crippen LogP contribution in [0.5, 0.6) is 0 Å². The minimum atomic E-state index is -0.816. The molecule has 0 saturated heterocycles. The second kappa shape index (κ2) is 55.2. The van der Waals surface area contributed by atoms with Crippen LogP contribution in [0.2, 0.25) is 0 Å². The minimum absolute atomic E-state index is 0.108. The fourth-order valence-electron chi connectivity index (χ4n) is 7.58. The molecule has 6 nitrogen and oxygen atoms in total. The number of carbonyl (C=O) groups excluding carboxylic acids is 3. The van der Waals surface area contributed by atoms with Gasteiger partial charge in [-0.2, -0.15) is 0 Å². The van der Waals surface area contributed by atoms with E-state index in [2.05, 4.69) is 106 Å². The van der Waals surface area contributed by atoms with Gasteiger partial charge in [0.15, 0.2) is 6.10 Å². The van der Waals surface area contributed by atoms with Gasteiger partial charge < -0.3 is 14.2 Å². The highest BCUT2D eigenvalue weighted by atomic mass is 16.6. The Balaban J connectivity index is 4.52. The van der Waals surface area contributed by atoms with Gasteiger partial charge >= 0.3 is 17.9 Å². The molecule has 0 rings (SSSR count). The van der Waals surface area contributed by atoms with Crippen molar-refractivity contribution in [1.29, 1.82) is 0 Å². The molecule has 0 aliphatic carbocycles. The summed E-state index contributed by atoms with van der Waals surface area (Å²) in [5, 5.41) is 0. The lowest BCUT2D eigenvalue weighted by molar-refractivity contribution is -0.167. The summed E-state index contributed by atoms with van der Waals surface area (Å²) < 4.78 is 16.8. The summed E-state index contributed by atoms with van der Waals surface area (Å²) in [6.07, 6.45) is 71.4. The van der Waals surface area contributed by atoms with Crippen molar-refractivity contribution in [2.45, 2.75) is 271 Å². The van der Waals surface area contributed by atoms with E-state index in [-0.39, 0.29) is 37.5 Å². The standard InChI is InChI=1S/C61H104O6/c1-4-7-10-13-16-19-22-25-28-30-33-36-39-42-45-48-51-54-60(63)66-57-58(56-65-59(62)53-50-47-44-41-38-35-32-27-24-21-18-15-12-9-6-3)67-61(64)55-52-49-46-43-40-37-34-31-29-26-23-20-17-14-11-8-5-2/h16,19,25-29,32-34,36-37,43,46,58H,4-15,17-18,20-24,30-31,35,38-42,44-45,47-57H2,1-3H3/b19-16-,28-25-,29-26-,32-27-,36-33-,37-34-,46-43-/t58-/m0/s1. The van der Waals surface area contributed by atoms with Crippen molar-refractivity contribution in [2.24, 2.45) is 0 Å². The Labute approximate surface area is 414 Å². The van der Waals surface area contributed by atoms with Crippen molar-refractivity contribution in [3.8, 4) is 0 Å². The lowest BCUT2D eigenvalue weighted by atomic mass is 10.1. The molecule has 0 aliphatic rings. The molecule has 0 saturated carbocycles. The van der Waals surface area contributed by atoms with Gasteiger partial charge in [0, 0.05) is 19.3 Å². The maximum absolute atomic E-state index is 12.8. The first-order valence-electron chi connectivity index (χ1n) is 28.1. The summed E-state index contributed by atoms with van der Waals surface area (Å²) in [5.74, 6) is -0.988. The molecular formula is C61H104O6. The number of ether oxygens (including phenoxy) is 3. The van der Waals surface area contributed by atoms with E-state index >= 15 is 0 Å². The van der Waals surface area contributed by atoms with E-state index in [4.69, 9.17) is 14.2 Å². The zero-order valence-electron chi connectivity index (χ0n) is 43.9. The van der Waals surface area contributed by atoms with Crippen molar-refractivity contribution in [1.82, 2.24) is 0 Å². The molecule has 67 heavy (non-hydrogen) atoms. The number of hydrogen-bond donors (Lipinski definition) is 0. The van der Waals surface area contributed by atoms with Crippen molar-refractivity contribution >= 4 is 17.9 Å². The predicted octanol–water partition coefficient (Wildman–Crippen LogP) is 18.8. The molecule has 0 aromatic rings. The van der Waals surface area contributed by atoms with Crippen molar-refractivity contribution < 1.29 is 28.6 Å². The van der Waals surface area contributed by atoms with Gasteiger partial charge in [-0.15, -0.1) is 0 Å². The van der Waals surface area contributed by atoms with Gasteiger partial charge in [-0.05, 0) is 116 Å². The molecule has 0 fully saturated rings. The summed E-state index contributed by atoms with van der Waals surface area (Å²) >= 11 is 0. The van der Waals surface area contributed by atoms with Crippen LogP contribution in [0, 0.1) is 0 Å². The topological polar surface area (TPSA) is 78.9 Å². The van der Waals surface area contributed by atoms with Crippen LogP contribution in [0.1, 0.15) is 265 Å². The first-order chi connectivity index (χ1) is 33.0. The highest BCUT2D eigenvalue weighted by Gasteiger charge is 2.19. The molecule has 0 unspecified atom stereocenters. The van der Waals surface area contributed by atoms with E-state index in [9.17, 15) is 14.4 Å². The van der Waals surface area contributed by atoms with Crippen LogP contribution in [-0.2, 0) is 28.6 Å². The third kappa shape index (κ3) is 53.4. The van der Waals surface area contributed by atoms with Crippen LogP contribution >= 0.6 is 0 Å². The van der Waals surface area contributed by atoms with Crippen LogP contribution < -0.4 is 0 Å². The van der Waals surface area contributed by atoms with Gasteiger partial charge in [0.05, 0.1) is 0 Å². The number of unbranched alkanes of at least 4 members (excludes halogenated alkanes) is 25. The Kier molecular flexibility index (Phi) is 52.4. The fraction of sp³-hybridized carbons (Fsp3) is 0.721. The Morgan fingerprint density at radius 3 is 0.925 bits per heavy atom. The van der Waals surface area contributed by atoms with Gasteiger partial charge in [-0.25, -0.2) is 0 Å². The second-order valence-electron chi connectivity index (χ2n) is 18.5. The zero-order valence-corrected chi connectivity index (χ0v) is 43.9. The summed E-state index contributed by atoms with van der Waals surface area (Å²) in [6.45, 7) is 6.54. The van der Waals surface area contributed by atoms with Gasteiger partial charge in [0.25, 0.3) is 0 Å². The summed E-state index contributed by atoms with van der Waals surface area (Å²) in [5.41, 5.74) is 0. The molecule has 0 aromatic carbocycles. The van der Waals surface area contributed by atoms with Crippen LogP contribution in [0.25, 0.3) is 0 Å². The van der Waals surface area contributed by atoms with E-state index in [1.807, 2.05) is 0 Å². The quantitative estimate of drug-likeness (QED) is 0.0262. The molecule has 0 aromatic heterocycles. The van der Waals surface area contributed by atoms with Crippen LogP contribution in [-0.4, -0.2) is 37.2 Å². The van der Waals surface area contributed by atoms with Gasteiger partial charge in [-0.1, -0.05) is 215 Å². The first kappa shape index (κ1) is 63.6. The van der Waals surface area contributed by atoms with Crippen molar-refractivity contribution in [3.63, 3.8) is 0 Å². The first-order valence-corrected chi connectivity index (χ1v) is 28.1. The summed E-state index contributed by atoms with van der Waals surface area (Å²) in [4.78, 5) is 38.1. The number of allylic oxidation sites excluding steroid dienone is 14. The van der Waals surface area contributed by atoms with E-state index in [1.54, 1.807) is 0 Å². The minimum Gasteiger partial charge on any atom is -0.462 e. The number of esters is 3. The number of carbonyl (C=O) groups is 3. The lowest BCUT2D eigenvalue weighted by Crippen LogP contribution is -2.30. The molecule has 0 N–H and O–H groups in total. The maximum Gasteiger partial charge on any atom is 0.306 e. The molecular weight excluding hydrogens is 829 g/mol. The fourth-order valence-corrected chi connectivity index (χ4v) is 7.58. The average molecular weight is 933 g/mol. The highest BCUT2D eigenvalue weighted by Crippen LogP contribution is 2.13. The molecule has 0 amide bonds. The van der Waals surface area contributed by atoms with Gasteiger partial charge in [0.1, 0.15) is 13.2 Å². The molecule has 384 valence electrons. The smallest absolute Gasteiger partial charge is 0.306 e. The summed E-state index contributed by atoms with van der Waals surface area (Å²) in [6, 6.07) is 0. The number of rotatable bonds is 50. The van der Waals surface area contributed by atoms with E-state index in [0.29, 0.717) is 19.3 Å². The highest BCUT2D eigenvalue weighted by molar-refractivity contribution is 5.71. The Bertz CT molecular complexity index is 1300.